The number of nitrogens with one attached hydrogen (secondary N) is 2. The van der Waals surface area contributed by atoms with Crippen LogP contribution < -0.4 is 16.0 Å². The summed E-state index contributed by atoms with van der Waals surface area (Å²) in [5.41, 5.74) is 7.48. The Morgan fingerprint density at radius 2 is 1.88 bits per heavy atom. The summed E-state index contributed by atoms with van der Waals surface area (Å²) in [5, 5.41) is 11.6. The van der Waals surface area contributed by atoms with E-state index in [1.54, 1.807) is 12.4 Å². The molecule has 0 bridgehead atoms. The quantitative estimate of drug-likeness (QED) is 0.485. The number of nitrogen functional groups attached to an aromatic ring is 1. The highest BCUT2D eigenvalue weighted by molar-refractivity contribution is 5.93. The van der Waals surface area contributed by atoms with Gasteiger partial charge in [-0.1, -0.05) is 0 Å². The van der Waals surface area contributed by atoms with E-state index in [9.17, 15) is 4.79 Å². The van der Waals surface area contributed by atoms with Gasteiger partial charge < -0.3 is 35.9 Å². The molecule has 2 aromatic rings. The molecular formula is C22H32N10O2. The molecule has 34 heavy (non-hydrogen) atoms. The first-order valence-electron chi connectivity index (χ1n) is 11.5. The number of rotatable bonds is 7. The van der Waals surface area contributed by atoms with Gasteiger partial charge in [-0.05, 0) is 26.9 Å². The van der Waals surface area contributed by atoms with Crippen molar-refractivity contribution in [1.29, 1.82) is 5.41 Å². The number of morpholine rings is 1. The summed E-state index contributed by atoms with van der Waals surface area (Å²) in [6, 6.07) is 0.130. The molecule has 0 aliphatic carbocycles. The molecule has 2 aliphatic rings. The van der Waals surface area contributed by atoms with Gasteiger partial charge in [-0.2, -0.15) is 4.98 Å². The summed E-state index contributed by atoms with van der Waals surface area (Å²) in [4.78, 5) is 36.0. The van der Waals surface area contributed by atoms with Gasteiger partial charge in [0.15, 0.2) is 0 Å². The van der Waals surface area contributed by atoms with Crippen LogP contribution in [-0.2, 0) is 9.53 Å². The lowest BCUT2D eigenvalue weighted by molar-refractivity contribution is -0.132. The van der Waals surface area contributed by atoms with Gasteiger partial charge in [0.2, 0.25) is 17.8 Å². The minimum Gasteiger partial charge on any atom is -0.378 e. The minimum absolute atomic E-state index is 0.130. The Balaban J connectivity index is 1.59. The second-order valence-electron chi connectivity index (χ2n) is 8.75. The van der Waals surface area contributed by atoms with E-state index in [1.165, 1.54) is 6.21 Å². The number of nitrogens with zero attached hydrogens (tertiary/aromatic N) is 7. The van der Waals surface area contributed by atoms with Crippen molar-refractivity contribution in [1.82, 2.24) is 29.7 Å². The van der Waals surface area contributed by atoms with Crippen molar-refractivity contribution in [3.63, 3.8) is 0 Å². The number of hydrogen-bond acceptors (Lipinski definition) is 11. The number of carbonyl (C=O) groups is 1. The summed E-state index contributed by atoms with van der Waals surface area (Å²) >= 11 is 0. The SMILES string of the molecule is CN(C)CC(=O)N1CCC(Nc2nc(N3CCOCC3)nc(-c3cnc(N)nc3)c2C=N)CC1. The molecule has 2 aromatic heterocycles. The van der Waals surface area contributed by atoms with Crippen LogP contribution in [0.25, 0.3) is 11.3 Å². The topological polar surface area (TPSA) is 149 Å². The molecule has 4 rings (SSSR count). The number of amides is 1. The van der Waals surface area contributed by atoms with Crippen molar-refractivity contribution in [3.8, 4) is 11.3 Å². The maximum absolute atomic E-state index is 12.4. The standard InChI is InChI=1S/C22H32N10O2/c1-30(2)14-18(33)31-5-3-16(4-6-31)27-20-17(11-23)19(15-12-25-21(24)26-13-15)28-22(29-20)32-7-9-34-10-8-32/h11-13,16,23H,3-10,14H2,1-2H3,(H2,24,25,26)(H,27,28,29). The summed E-state index contributed by atoms with van der Waals surface area (Å²) in [6.45, 7) is 4.38. The maximum atomic E-state index is 12.4. The summed E-state index contributed by atoms with van der Waals surface area (Å²) in [5.74, 6) is 1.49. The molecule has 0 spiro atoms. The highest BCUT2D eigenvalue weighted by Crippen LogP contribution is 2.29. The van der Waals surface area contributed by atoms with Crippen molar-refractivity contribution < 1.29 is 9.53 Å². The molecule has 4 heterocycles. The number of aromatic nitrogens is 4. The van der Waals surface area contributed by atoms with Gasteiger partial charge in [0, 0.05) is 56.4 Å². The lowest BCUT2D eigenvalue weighted by Gasteiger charge is -2.34. The zero-order valence-corrected chi connectivity index (χ0v) is 19.7. The molecule has 0 saturated carbocycles. The third-order valence-corrected chi connectivity index (χ3v) is 5.96. The van der Waals surface area contributed by atoms with Crippen LogP contribution in [0.4, 0.5) is 17.7 Å². The first-order valence-corrected chi connectivity index (χ1v) is 11.5. The lowest BCUT2D eigenvalue weighted by Crippen LogP contribution is -2.45. The Kier molecular flexibility index (Phi) is 7.48. The lowest BCUT2D eigenvalue weighted by atomic mass is 10.0. The fourth-order valence-electron chi connectivity index (χ4n) is 4.13. The van der Waals surface area contributed by atoms with E-state index >= 15 is 0 Å². The second-order valence-corrected chi connectivity index (χ2v) is 8.75. The van der Waals surface area contributed by atoms with E-state index in [2.05, 4.69) is 20.2 Å². The molecule has 12 nitrogen and oxygen atoms in total. The van der Waals surface area contributed by atoms with Crippen LogP contribution in [0.1, 0.15) is 18.4 Å². The first kappa shape index (κ1) is 23.8. The van der Waals surface area contributed by atoms with Crippen LogP contribution in [-0.4, -0.2) is 108 Å². The van der Waals surface area contributed by atoms with Crippen LogP contribution in [0.2, 0.25) is 0 Å². The Labute approximate surface area is 199 Å². The molecule has 0 radical (unpaired) electrons. The van der Waals surface area contributed by atoms with Crippen LogP contribution in [0, 0.1) is 5.41 Å². The fourth-order valence-corrected chi connectivity index (χ4v) is 4.13. The highest BCUT2D eigenvalue weighted by Gasteiger charge is 2.26. The predicted molar refractivity (Wildman–Crippen MR) is 130 cm³/mol. The molecule has 182 valence electrons. The smallest absolute Gasteiger partial charge is 0.236 e. The van der Waals surface area contributed by atoms with E-state index in [0.717, 1.165) is 12.8 Å². The molecule has 0 atom stereocenters. The van der Waals surface area contributed by atoms with E-state index in [-0.39, 0.29) is 17.9 Å². The van der Waals surface area contributed by atoms with Crippen molar-refractivity contribution >= 4 is 29.8 Å². The minimum atomic E-state index is 0.130. The number of nitrogens with two attached hydrogens (primary N) is 1. The molecule has 2 aliphatic heterocycles. The van der Waals surface area contributed by atoms with Crippen molar-refractivity contribution in [2.75, 3.05) is 76.0 Å². The number of hydrogen-bond donors (Lipinski definition) is 3. The van der Waals surface area contributed by atoms with Crippen molar-refractivity contribution in [3.05, 3.63) is 18.0 Å². The van der Waals surface area contributed by atoms with Crippen molar-refractivity contribution in [2.24, 2.45) is 0 Å². The van der Waals surface area contributed by atoms with E-state index in [4.69, 9.17) is 25.8 Å². The first-order chi connectivity index (χ1) is 16.4. The van der Waals surface area contributed by atoms with E-state index in [0.29, 0.717) is 74.5 Å². The van der Waals surface area contributed by atoms with Gasteiger partial charge >= 0.3 is 0 Å². The van der Waals surface area contributed by atoms with Gasteiger partial charge in [-0.25, -0.2) is 15.0 Å². The Hall–Kier alpha value is -3.38. The normalized spacial score (nSPS) is 17.1. The molecule has 2 saturated heterocycles. The average molecular weight is 469 g/mol. The number of piperidine rings is 1. The molecule has 4 N–H and O–H groups in total. The molecule has 0 aromatic carbocycles. The molecule has 0 unspecified atom stereocenters. The fraction of sp³-hybridized carbons (Fsp3) is 0.545. The number of likely N-dealkylation sites (N-methyl/N-ethyl adjacent to an activating group) is 1. The van der Waals surface area contributed by atoms with Gasteiger partial charge in [0.05, 0.1) is 31.0 Å². The largest absolute Gasteiger partial charge is 0.378 e. The van der Waals surface area contributed by atoms with Gasteiger partial charge in [-0.15, -0.1) is 0 Å². The predicted octanol–water partition coefficient (Wildman–Crippen LogP) is 0.315. The highest BCUT2D eigenvalue weighted by atomic mass is 16.5. The van der Waals surface area contributed by atoms with Crippen LogP contribution in [0.5, 0.6) is 0 Å². The summed E-state index contributed by atoms with van der Waals surface area (Å²) < 4.78 is 5.48. The zero-order chi connectivity index (χ0) is 24.1. The number of carbonyl (C=O) groups excluding carboxylic acids is 1. The van der Waals surface area contributed by atoms with E-state index < -0.39 is 0 Å². The summed E-state index contributed by atoms with van der Waals surface area (Å²) in [6.07, 6.45) is 6.08. The third kappa shape index (κ3) is 5.57. The molecule has 1 amide bonds. The number of anilines is 3. The number of ether oxygens (including phenoxy) is 1. The Morgan fingerprint density at radius 1 is 1.21 bits per heavy atom. The van der Waals surface area contributed by atoms with Crippen molar-refractivity contribution in [2.45, 2.75) is 18.9 Å². The monoisotopic (exact) mass is 468 g/mol. The van der Waals surface area contributed by atoms with Gasteiger partial charge in [-0.3, -0.25) is 4.79 Å². The van der Waals surface area contributed by atoms with Gasteiger partial charge in [0.1, 0.15) is 5.82 Å². The zero-order valence-electron chi connectivity index (χ0n) is 19.7. The molecule has 2 fully saturated rings. The molecule has 12 heteroatoms. The Morgan fingerprint density at radius 3 is 2.50 bits per heavy atom. The van der Waals surface area contributed by atoms with Crippen LogP contribution >= 0.6 is 0 Å². The third-order valence-electron chi connectivity index (χ3n) is 5.96. The van der Waals surface area contributed by atoms with E-state index in [1.807, 2.05) is 23.9 Å². The van der Waals surface area contributed by atoms with Crippen LogP contribution in [0.15, 0.2) is 12.4 Å². The number of likely N-dealkylation sites (tertiary alicyclic amines) is 1. The molecular weight excluding hydrogens is 436 g/mol. The van der Waals surface area contributed by atoms with Crippen LogP contribution in [0.3, 0.4) is 0 Å². The average Bonchev–Trinajstić information content (AvgIpc) is 2.84. The second kappa shape index (κ2) is 10.7. The Bertz CT molecular complexity index is 999. The maximum Gasteiger partial charge on any atom is 0.236 e. The summed E-state index contributed by atoms with van der Waals surface area (Å²) in [7, 11) is 3.80. The van der Waals surface area contributed by atoms with Gasteiger partial charge in [0.25, 0.3) is 0 Å².